The van der Waals surface area contributed by atoms with E-state index in [1.807, 2.05) is 6.92 Å². The topological polar surface area (TPSA) is 72.9 Å². The first-order valence-electron chi connectivity index (χ1n) is 7.70. The number of thioether (sulfide) groups is 1. The maximum Gasteiger partial charge on any atom is 0.326 e. The number of unbranched alkanes of at least 4 members (excludes halogenated alkanes) is 1. The molecule has 0 radical (unpaired) electrons. The van der Waals surface area contributed by atoms with Gasteiger partial charge in [-0.3, -0.25) is 19.3 Å². The molecule has 1 saturated heterocycles. The van der Waals surface area contributed by atoms with Gasteiger partial charge in [-0.1, -0.05) is 19.4 Å². The average molecular weight is 428 g/mol. The van der Waals surface area contributed by atoms with Crippen LogP contribution in [0.2, 0.25) is 0 Å². The molecular weight excluding hydrogens is 410 g/mol. The molecule has 1 aliphatic rings. The molecule has 1 aliphatic heterocycles. The van der Waals surface area contributed by atoms with Crippen molar-refractivity contribution in [1.29, 1.82) is 0 Å². The fourth-order valence-corrected chi connectivity index (χ4v) is 3.46. The molecule has 8 heteroatoms. The number of halogens is 1. The lowest BCUT2D eigenvalue weighted by molar-refractivity contribution is -0.146. The van der Waals surface area contributed by atoms with Crippen LogP contribution in [0.1, 0.15) is 25.3 Å². The summed E-state index contributed by atoms with van der Waals surface area (Å²) < 4.78 is 10.9. The normalized spacial score (nSPS) is 15.8. The molecule has 0 N–H and O–H groups in total. The number of esters is 1. The maximum atomic E-state index is 12.4. The lowest BCUT2D eigenvalue weighted by Crippen LogP contribution is -2.34. The zero-order valence-corrected chi connectivity index (χ0v) is 16.3. The first kappa shape index (κ1) is 19.5. The van der Waals surface area contributed by atoms with E-state index in [0.29, 0.717) is 12.4 Å². The minimum Gasteiger partial charge on any atom is -0.496 e. The van der Waals surface area contributed by atoms with Crippen molar-refractivity contribution < 1.29 is 23.9 Å². The van der Waals surface area contributed by atoms with Gasteiger partial charge in [0.25, 0.3) is 11.1 Å². The predicted molar refractivity (Wildman–Crippen MR) is 99.2 cm³/mol. The molecule has 1 fully saturated rings. The van der Waals surface area contributed by atoms with Crippen molar-refractivity contribution in [3.63, 3.8) is 0 Å². The molecule has 1 heterocycles. The molecule has 0 aliphatic carbocycles. The molecule has 6 nitrogen and oxygen atoms in total. The second kappa shape index (κ2) is 9.05. The molecule has 0 unspecified atom stereocenters. The summed E-state index contributed by atoms with van der Waals surface area (Å²) in [5, 5.41) is -0.476. The van der Waals surface area contributed by atoms with Gasteiger partial charge in [0, 0.05) is 0 Å². The fourth-order valence-electron chi connectivity index (χ4n) is 2.07. The fraction of sp³-hybridized carbons (Fsp3) is 0.353. The van der Waals surface area contributed by atoms with E-state index in [1.165, 1.54) is 0 Å². The summed E-state index contributed by atoms with van der Waals surface area (Å²) in [4.78, 5) is 37.3. The second-order valence-electron chi connectivity index (χ2n) is 5.24. The monoisotopic (exact) mass is 427 g/mol. The van der Waals surface area contributed by atoms with Gasteiger partial charge < -0.3 is 9.47 Å². The Bertz CT molecular complexity index is 719. The highest BCUT2D eigenvalue weighted by Gasteiger charge is 2.36. The lowest BCUT2D eigenvalue weighted by Gasteiger charge is -2.11. The van der Waals surface area contributed by atoms with Crippen LogP contribution in [0.25, 0.3) is 6.08 Å². The molecule has 0 atom stereocenters. The number of imide groups is 1. The van der Waals surface area contributed by atoms with E-state index in [1.54, 1.807) is 31.4 Å². The van der Waals surface area contributed by atoms with Gasteiger partial charge in [-0.25, -0.2) is 0 Å². The van der Waals surface area contributed by atoms with Gasteiger partial charge in [-0.15, -0.1) is 0 Å². The minimum atomic E-state index is -0.579. The Kier molecular flexibility index (Phi) is 7.07. The van der Waals surface area contributed by atoms with Gasteiger partial charge in [0.1, 0.15) is 12.3 Å². The van der Waals surface area contributed by atoms with Gasteiger partial charge in [-0.05, 0) is 57.9 Å². The van der Waals surface area contributed by atoms with Gasteiger partial charge in [-0.2, -0.15) is 0 Å². The number of benzene rings is 1. The number of hydrogen-bond acceptors (Lipinski definition) is 6. The van der Waals surface area contributed by atoms with Crippen LogP contribution in [-0.2, 0) is 14.3 Å². The van der Waals surface area contributed by atoms with Crippen LogP contribution in [0.15, 0.2) is 27.6 Å². The van der Waals surface area contributed by atoms with E-state index in [2.05, 4.69) is 15.9 Å². The van der Waals surface area contributed by atoms with Crippen LogP contribution in [-0.4, -0.2) is 42.3 Å². The third-order valence-electron chi connectivity index (χ3n) is 3.40. The van der Waals surface area contributed by atoms with Crippen molar-refractivity contribution in [2.75, 3.05) is 20.3 Å². The molecule has 0 aromatic heterocycles. The van der Waals surface area contributed by atoms with Crippen molar-refractivity contribution in [2.45, 2.75) is 19.8 Å². The highest BCUT2D eigenvalue weighted by atomic mass is 79.9. The summed E-state index contributed by atoms with van der Waals surface area (Å²) in [6.45, 7) is 1.91. The van der Waals surface area contributed by atoms with E-state index in [0.717, 1.165) is 39.5 Å². The molecule has 0 saturated carbocycles. The molecule has 0 bridgehead atoms. The molecule has 2 rings (SSSR count). The molecular formula is C17H18BrNO5S. The summed E-state index contributed by atoms with van der Waals surface area (Å²) in [6, 6.07) is 5.31. The third kappa shape index (κ3) is 5.09. The van der Waals surface area contributed by atoms with Crippen LogP contribution in [0.3, 0.4) is 0 Å². The number of carbonyl (C=O) groups is 3. The average Bonchev–Trinajstić information content (AvgIpc) is 2.83. The first-order valence-corrected chi connectivity index (χ1v) is 9.31. The zero-order valence-electron chi connectivity index (χ0n) is 13.9. The molecule has 2 amide bonds. The standard InChI is InChI=1S/C17H18BrNO5S/c1-3-4-7-24-15(20)10-19-16(21)14(25-17(19)22)9-11-5-6-13(23-2)12(18)8-11/h5-6,8-9H,3-4,7,10H2,1-2H3/b14-9+. The van der Waals surface area contributed by atoms with E-state index in [4.69, 9.17) is 9.47 Å². The second-order valence-corrected chi connectivity index (χ2v) is 7.08. The Morgan fingerprint density at radius 3 is 2.76 bits per heavy atom. The van der Waals surface area contributed by atoms with Gasteiger partial charge in [0.2, 0.25) is 0 Å². The Hall–Kier alpha value is -1.80. The van der Waals surface area contributed by atoms with Crippen molar-refractivity contribution in [2.24, 2.45) is 0 Å². The maximum absolute atomic E-state index is 12.4. The number of hydrogen-bond donors (Lipinski definition) is 0. The molecule has 1 aromatic rings. The van der Waals surface area contributed by atoms with E-state index in [-0.39, 0.29) is 11.4 Å². The Labute approximate surface area is 158 Å². The van der Waals surface area contributed by atoms with Crippen molar-refractivity contribution in [3.05, 3.63) is 33.1 Å². The van der Waals surface area contributed by atoms with Crippen LogP contribution in [0.4, 0.5) is 4.79 Å². The highest BCUT2D eigenvalue weighted by Crippen LogP contribution is 2.33. The summed E-state index contributed by atoms with van der Waals surface area (Å²) in [5.41, 5.74) is 0.740. The molecule has 134 valence electrons. The SMILES string of the molecule is CCCCOC(=O)CN1C(=O)S/C(=C/c2ccc(OC)c(Br)c2)C1=O. The quantitative estimate of drug-likeness (QED) is 0.373. The largest absolute Gasteiger partial charge is 0.496 e. The smallest absolute Gasteiger partial charge is 0.326 e. The summed E-state index contributed by atoms with van der Waals surface area (Å²) in [5.74, 6) is -0.404. The van der Waals surface area contributed by atoms with Gasteiger partial charge >= 0.3 is 5.97 Å². The number of amides is 2. The summed E-state index contributed by atoms with van der Waals surface area (Å²) in [6.07, 6.45) is 3.26. The molecule has 1 aromatic carbocycles. The Morgan fingerprint density at radius 2 is 2.12 bits per heavy atom. The van der Waals surface area contributed by atoms with Crippen LogP contribution >= 0.6 is 27.7 Å². The predicted octanol–water partition coefficient (Wildman–Crippen LogP) is 3.84. The van der Waals surface area contributed by atoms with Crippen molar-refractivity contribution in [1.82, 2.24) is 4.90 Å². The first-order chi connectivity index (χ1) is 12.0. The lowest BCUT2D eigenvalue weighted by atomic mass is 10.2. The Balaban J connectivity index is 2.07. The number of nitrogens with zero attached hydrogens (tertiary/aromatic N) is 1. The zero-order chi connectivity index (χ0) is 18.4. The van der Waals surface area contributed by atoms with E-state index >= 15 is 0 Å². The molecule has 0 spiro atoms. The minimum absolute atomic E-state index is 0.267. The third-order valence-corrected chi connectivity index (χ3v) is 4.92. The summed E-state index contributed by atoms with van der Waals surface area (Å²) in [7, 11) is 1.56. The number of rotatable bonds is 7. The van der Waals surface area contributed by atoms with Crippen LogP contribution in [0, 0.1) is 0 Å². The van der Waals surface area contributed by atoms with Crippen LogP contribution < -0.4 is 4.74 Å². The molecule has 25 heavy (non-hydrogen) atoms. The number of ether oxygens (including phenoxy) is 2. The van der Waals surface area contributed by atoms with Gasteiger partial charge in [0.15, 0.2) is 0 Å². The van der Waals surface area contributed by atoms with Crippen molar-refractivity contribution in [3.8, 4) is 5.75 Å². The number of methoxy groups -OCH3 is 1. The summed E-state index contributed by atoms with van der Waals surface area (Å²) >= 11 is 4.18. The van der Waals surface area contributed by atoms with Crippen molar-refractivity contribution >= 4 is 50.9 Å². The van der Waals surface area contributed by atoms with Gasteiger partial charge in [0.05, 0.1) is 23.1 Å². The Morgan fingerprint density at radius 1 is 1.36 bits per heavy atom. The van der Waals surface area contributed by atoms with E-state index < -0.39 is 17.1 Å². The van der Waals surface area contributed by atoms with Crippen LogP contribution in [0.5, 0.6) is 5.75 Å². The number of carbonyl (C=O) groups excluding carboxylic acids is 3. The highest BCUT2D eigenvalue weighted by molar-refractivity contribution is 9.10. The van der Waals surface area contributed by atoms with E-state index in [9.17, 15) is 14.4 Å².